The largest absolute Gasteiger partial charge is 0.341 e. The zero-order valence-electron chi connectivity index (χ0n) is 15.8. The van der Waals surface area contributed by atoms with Crippen molar-refractivity contribution >= 4 is 29.3 Å². The molecule has 2 aromatic carbocycles. The normalized spacial score (nSPS) is 10.9. The fraction of sp³-hybridized carbons (Fsp3) is 0.250. The van der Waals surface area contributed by atoms with Crippen LogP contribution in [0.5, 0.6) is 0 Å². The molecule has 0 fully saturated rings. The summed E-state index contributed by atoms with van der Waals surface area (Å²) in [6.07, 6.45) is 1.63. The number of carbonyl (C=O) groups is 1. The molecule has 0 aliphatic carbocycles. The van der Waals surface area contributed by atoms with Gasteiger partial charge in [0.2, 0.25) is 5.91 Å². The van der Waals surface area contributed by atoms with E-state index in [0.29, 0.717) is 15.7 Å². The topological polar surface area (TPSA) is 51.0 Å². The van der Waals surface area contributed by atoms with Crippen LogP contribution in [0.3, 0.4) is 0 Å². The molecule has 0 aliphatic rings. The Labute approximate surface area is 172 Å². The average Bonchev–Trinajstić information content (AvgIpc) is 3.11. The highest BCUT2D eigenvalue weighted by Crippen LogP contribution is 2.24. The third kappa shape index (κ3) is 4.54. The van der Waals surface area contributed by atoms with E-state index >= 15 is 0 Å². The molecule has 0 radical (unpaired) electrons. The van der Waals surface area contributed by atoms with Gasteiger partial charge >= 0.3 is 0 Å². The van der Waals surface area contributed by atoms with Crippen LogP contribution in [0.15, 0.2) is 47.9 Å². The molecule has 0 aliphatic heterocycles. The van der Waals surface area contributed by atoms with E-state index in [0.717, 1.165) is 11.3 Å². The zero-order chi connectivity index (χ0) is 20.3. The number of thioether (sulfide) groups is 1. The molecule has 3 aromatic rings. The number of halogens is 2. The summed E-state index contributed by atoms with van der Waals surface area (Å²) in [5, 5.41) is 9.03. The molecule has 1 heterocycles. The SMILES string of the molecule is Cc1ccc(-n2cnnc2SCC(=O)N(C)Cc2c(F)cccc2Cl)c(C)c1. The molecule has 0 spiro atoms. The molecule has 0 atom stereocenters. The third-order valence-electron chi connectivity index (χ3n) is 4.34. The molecule has 1 aromatic heterocycles. The van der Waals surface area contributed by atoms with E-state index in [1.54, 1.807) is 25.5 Å². The number of carbonyl (C=O) groups excluding carboxylic acids is 1. The fourth-order valence-electron chi connectivity index (χ4n) is 2.81. The molecule has 0 unspecified atom stereocenters. The highest BCUT2D eigenvalue weighted by Gasteiger charge is 2.17. The maximum absolute atomic E-state index is 13.9. The number of nitrogens with zero attached hydrogens (tertiary/aromatic N) is 4. The number of aryl methyl sites for hydroxylation is 2. The number of amides is 1. The van der Waals surface area contributed by atoms with Gasteiger partial charge in [-0.3, -0.25) is 9.36 Å². The predicted octanol–water partition coefficient (Wildman–Crippen LogP) is 4.43. The van der Waals surface area contributed by atoms with Crippen molar-refractivity contribution in [1.29, 1.82) is 0 Å². The summed E-state index contributed by atoms with van der Waals surface area (Å²) in [5.41, 5.74) is 3.55. The molecule has 3 rings (SSSR count). The minimum atomic E-state index is -0.422. The van der Waals surface area contributed by atoms with Crippen LogP contribution >= 0.6 is 23.4 Å². The number of hydrogen-bond donors (Lipinski definition) is 0. The first-order valence-electron chi connectivity index (χ1n) is 8.64. The second kappa shape index (κ2) is 8.75. The lowest BCUT2D eigenvalue weighted by molar-refractivity contribution is -0.127. The number of aromatic nitrogens is 3. The summed E-state index contributed by atoms with van der Waals surface area (Å²) in [6.45, 7) is 4.16. The van der Waals surface area contributed by atoms with Crippen molar-refractivity contribution < 1.29 is 9.18 Å². The van der Waals surface area contributed by atoms with Crippen molar-refractivity contribution in [3.05, 3.63) is 70.3 Å². The zero-order valence-corrected chi connectivity index (χ0v) is 17.4. The molecule has 146 valence electrons. The van der Waals surface area contributed by atoms with Gasteiger partial charge in [-0.15, -0.1) is 10.2 Å². The second-order valence-electron chi connectivity index (χ2n) is 6.51. The van der Waals surface area contributed by atoms with Crippen LogP contribution in [0.2, 0.25) is 5.02 Å². The van der Waals surface area contributed by atoms with Crippen molar-refractivity contribution in [2.24, 2.45) is 0 Å². The summed E-state index contributed by atoms with van der Waals surface area (Å²) in [5.74, 6) is -0.416. The first kappa shape index (κ1) is 20.4. The highest BCUT2D eigenvalue weighted by atomic mass is 35.5. The Morgan fingerprint density at radius 1 is 1.29 bits per heavy atom. The number of hydrogen-bond acceptors (Lipinski definition) is 4. The van der Waals surface area contributed by atoms with E-state index in [4.69, 9.17) is 11.6 Å². The van der Waals surface area contributed by atoms with Crippen LogP contribution in [0.1, 0.15) is 16.7 Å². The van der Waals surface area contributed by atoms with E-state index in [-0.39, 0.29) is 18.2 Å². The van der Waals surface area contributed by atoms with Gasteiger partial charge in [0.15, 0.2) is 5.16 Å². The Kier molecular flexibility index (Phi) is 6.36. The lowest BCUT2D eigenvalue weighted by Gasteiger charge is -2.18. The van der Waals surface area contributed by atoms with Crippen LogP contribution in [0.25, 0.3) is 5.69 Å². The van der Waals surface area contributed by atoms with Crippen molar-refractivity contribution in [2.75, 3.05) is 12.8 Å². The third-order valence-corrected chi connectivity index (χ3v) is 5.62. The molecule has 0 N–H and O–H groups in total. The van der Waals surface area contributed by atoms with Crippen LogP contribution in [0, 0.1) is 19.7 Å². The lowest BCUT2D eigenvalue weighted by Crippen LogP contribution is -2.28. The molecular weight excluding hydrogens is 399 g/mol. The highest BCUT2D eigenvalue weighted by molar-refractivity contribution is 7.99. The van der Waals surface area contributed by atoms with Gasteiger partial charge in [0.05, 0.1) is 11.4 Å². The van der Waals surface area contributed by atoms with E-state index in [2.05, 4.69) is 16.3 Å². The van der Waals surface area contributed by atoms with Crippen LogP contribution in [-0.2, 0) is 11.3 Å². The lowest BCUT2D eigenvalue weighted by atomic mass is 10.1. The van der Waals surface area contributed by atoms with Crippen molar-refractivity contribution in [2.45, 2.75) is 25.5 Å². The van der Waals surface area contributed by atoms with Gasteiger partial charge in [-0.05, 0) is 37.6 Å². The number of benzene rings is 2. The van der Waals surface area contributed by atoms with Crippen molar-refractivity contribution in [1.82, 2.24) is 19.7 Å². The summed E-state index contributed by atoms with van der Waals surface area (Å²) in [4.78, 5) is 14.0. The van der Waals surface area contributed by atoms with E-state index in [9.17, 15) is 9.18 Å². The molecule has 28 heavy (non-hydrogen) atoms. The van der Waals surface area contributed by atoms with Crippen LogP contribution < -0.4 is 0 Å². The standard InChI is InChI=1S/C20H20ClFN4OS/c1-13-7-8-18(14(2)9-13)26-12-23-24-20(26)28-11-19(27)25(3)10-15-16(21)5-4-6-17(15)22/h4-9,12H,10-11H2,1-3H3. The molecule has 5 nitrogen and oxygen atoms in total. The minimum Gasteiger partial charge on any atom is -0.341 e. The summed E-state index contributed by atoms with van der Waals surface area (Å²) >= 11 is 7.33. The maximum Gasteiger partial charge on any atom is 0.233 e. The van der Waals surface area contributed by atoms with Gasteiger partial charge in [0.25, 0.3) is 0 Å². The molecule has 0 bridgehead atoms. The Hall–Kier alpha value is -2.38. The molecule has 1 amide bonds. The quantitative estimate of drug-likeness (QED) is 0.556. The average molecular weight is 419 g/mol. The van der Waals surface area contributed by atoms with Crippen molar-refractivity contribution in [3.8, 4) is 5.69 Å². The van der Waals surface area contributed by atoms with Gasteiger partial charge < -0.3 is 4.90 Å². The molecule has 8 heteroatoms. The maximum atomic E-state index is 13.9. The first-order valence-corrected chi connectivity index (χ1v) is 10.0. The Morgan fingerprint density at radius 2 is 2.07 bits per heavy atom. The predicted molar refractivity (Wildman–Crippen MR) is 109 cm³/mol. The summed E-state index contributed by atoms with van der Waals surface area (Å²) in [6, 6.07) is 10.6. The smallest absolute Gasteiger partial charge is 0.233 e. The number of rotatable bonds is 6. The van der Waals surface area contributed by atoms with Gasteiger partial charge in [0.1, 0.15) is 12.1 Å². The van der Waals surface area contributed by atoms with E-state index < -0.39 is 5.82 Å². The van der Waals surface area contributed by atoms with Crippen LogP contribution in [-0.4, -0.2) is 38.4 Å². The van der Waals surface area contributed by atoms with Crippen molar-refractivity contribution in [3.63, 3.8) is 0 Å². The van der Waals surface area contributed by atoms with Gasteiger partial charge in [-0.25, -0.2) is 4.39 Å². The Morgan fingerprint density at radius 3 is 2.79 bits per heavy atom. The monoisotopic (exact) mass is 418 g/mol. The first-order chi connectivity index (χ1) is 13.4. The van der Waals surface area contributed by atoms with E-state index in [1.807, 2.05) is 30.5 Å². The van der Waals surface area contributed by atoms with E-state index in [1.165, 1.54) is 28.3 Å². The fourth-order valence-corrected chi connectivity index (χ4v) is 3.89. The Balaban J connectivity index is 1.68. The summed E-state index contributed by atoms with van der Waals surface area (Å²) < 4.78 is 15.8. The molecule has 0 saturated carbocycles. The molecule has 0 saturated heterocycles. The van der Waals surface area contributed by atoms with Crippen LogP contribution in [0.4, 0.5) is 4.39 Å². The Bertz CT molecular complexity index is 987. The minimum absolute atomic E-state index is 0.106. The summed E-state index contributed by atoms with van der Waals surface area (Å²) in [7, 11) is 1.63. The van der Waals surface area contributed by atoms with Gasteiger partial charge in [0, 0.05) is 24.2 Å². The van der Waals surface area contributed by atoms with Gasteiger partial charge in [-0.1, -0.05) is 47.1 Å². The second-order valence-corrected chi connectivity index (χ2v) is 7.86. The van der Waals surface area contributed by atoms with Gasteiger partial charge in [-0.2, -0.15) is 0 Å². The molecular formula is C20H20ClFN4OS.